The van der Waals surface area contributed by atoms with Gasteiger partial charge in [0.2, 0.25) is 0 Å². The second kappa shape index (κ2) is 4.19. The molecule has 0 bridgehead atoms. The maximum atomic E-state index is 12.8. The van der Waals surface area contributed by atoms with Gasteiger partial charge in [0.05, 0.1) is 6.10 Å². The van der Waals surface area contributed by atoms with Crippen molar-refractivity contribution in [3.05, 3.63) is 29.6 Å². The zero-order chi connectivity index (χ0) is 10.8. The molecule has 1 aromatic carbocycles. The lowest BCUT2D eigenvalue weighted by Crippen LogP contribution is -2.14. The smallest absolute Gasteiger partial charge is 0.123 e. The minimum atomic E-state index is -0.244. The lowest BCUT2D eigenvalue weighted by atomic mass is 10.2. The number of aliphatic hydroxyl groups excluding tert-OH is 1. The van der Waals surface area contributed by atoms with E-state index in [-0.39, 0.29) is 18.0 Å². The third-order valence-corrected chi connectivity index (χ3v) is 2.79. The average Bonchev–Trinajstić information content (AvgIpc) is 2.56. The molecular weight excluding hydrogens is 195 g/mol. The molecule has 1 aromatic rings. The van der Waals surface area contributed by atoms with Crippen LogP contribution in [-0.2, 0) is 0 Å². The fraction of sp³-hybridized carbons (Fsp3) is 0.500. The molecule has 1 fully saturated rings. The first-order chi connectivity index (χ1) is 7.15. The number of aryl methyl sites for hydroxylation is 1. The Morgan fingerprint density at radius 1 is 1.40 bits per heavy atom. The fourth-order valence-electron chi connectivity index (χ4n) is 1.95. The molecule has 0 saturated heterocycles. The largest absolute Gasteiger partial charge is 0.490 e. The molecule has 1 aliphatic rings. The van der Waals surface area contributed by atoms with Crippen molar-refractivity contribution in [2.24, 2.45) is 0 Å². The number of ether oxygens (including phenoxy) is 1. The highest BCUT2D eigenvalue weighted by molar-refractivity contribution is 5.32. The summed E-state index contributed by atoms with van der Waals surface area (Å²) in [5.74, 6) is 0.474. The summed E-state index contributed by atoms with van der Waals surface area (Å²) in [7, 11) is 0. The number of rotatable bonds is 2. The van der Waals surface area contributed by atoms with E-state index in [9.17, 15) is 9.50 Å². The van der Waals surface area contributed by atoms with Crippen LogP contribution in [0.15, 0.2) is 18.2 Å². The molecule has 3 heteroatoms. The average molecular weight is 210 g/mol. The zero-order valence-corrected chi connectivity index (χ0v) is 8.74. The molecule has 2 nitrogen and oxygen atoms in total. The van der Waals surface area contributed by atoms with Crippen molar-refractivity contribution in [3.8, 4) is 5.75 Å². The van der Waals surface area contributed by atoms with E-state index in [1.807, 2.05) is 6.92 Å². The summed E-state index contributed by atoms with van der Waals surface area (Å²) in [5.41, 5.74) is 0.802. The van der Waals surface area contributed by atoms with E-state index in [4.69, 9.17) is 4.74 Å². The van der Waals surface area contributed by atoms with Gasteiger partial charge in [0, 0.05) is 6.42 Å². The van der Waals surface area contributed by atoms with E-state index in [0.29, 0.717) is 6.42 Å². The van der Waals surface area contributed by atoms with Crippen molar-refractivity contribution in [1.82, 2.24) is 0 Å². The minimum Gasteiger partial charge on any atom is -0.490 e. The predicted octanol–water partition coefficient (Wildman–Crippen LogP) is 2.43. The Labute approximate surface area is 88.7 Å². The Kier molecular flexibility index (Phi) is 2.91. The van der Waals surface area contributed by atoms with Gasteiger partial charge >= 0.3 is 0 Å². The van der Waals surface area contributed by atoms with Gasteiger partial charge in [-0.1, -0.05) is 0 Å². The van der Waals surface area contributed by atoms with Gasteiger partial charge in [-0.25, -0.2) is 4.39 Å². The Bertz CT molecular complexity index is 351. The first kappa shape index (κ1) is 10.4. The van der Waals surface area contributed by atoms with Gasteiger partial charge in [-0.05, 0) is 43.5 Å². The molecule has 82 valence electrons. The Hall–Kier alpha value is -1.09. The van der Waals surface area contributed by atoms with Crippen LogP contribution in [0.3, 0.4) is 0 Å². The van der Waals surface area contributed by atoms with Crippen molar-refractivity contribution in [3.63, 3.8) is 0 Å². The summed E-state index contributed by atoms with van der Waals surface area (Å²) in [4.78, 5) is 0. The van der Waals surface area contributed by atoms with Gasteiger partial charge < -0.3 is 9.84 Å². The molecule has 1 N–H and O–H groups in total. The standard InChI is InChI=1S/C12H15FO2/c1-8-6-9(13)2-5-12(8)15-11-4-3-10(14)7-11/h2,5-6,10-11,14H,3-4,7H2,1H3. The molecule has 0 aromatic heterocycles. The normalized spacial score (nSPS) is 25.5. The third kappa shape index (κ3) is 2.48. The molecule has 2 unspecified atom stereocenters. The summed E-state index contributed by atoms with van der Waals surface area (Å²) in [6, 6.07) is 4.50. The summed E-state index contributed by atoms with van der Waals surface area (Å²) in [6.45, 7) is 1.82. The van der Waals surface area contributed by atoms with Crippen LogP contribution in [0.1, 0.15) is 24.8 Å². The molecule has 0 radical (unpaired) electrons. The van der Waals surface area contributed by atoms with Crippen molar-refractivity contribution in [2.75, 3.05) is 0 Å². The second-order valence-corrected chi connectivity index (χ2v) is 4.12. The summed E-state index contributed by atoms with van der Waals surface area (Å²) in [6.07, 6.45) is 2.18. The van der Waals surface area contributed by atoms with Gasteiger partial charge in [0.15, 0.2) is 0 Å². The van der Waals surface area contributed by atoms with Crippen LogP contribution in [0.4, 0.5) is 4.39 Å². The van der Waals surface area contributed by atoms with E-state index >= 15 is 0 Å². The highest BCUT2D eigenvalue weighted by atomic mass is 19.1. The van der Waals surface area contributed by atoms with Gasteiger partial charge in [0.25, 0.3) is 0 Å². The maximum Gasteiger partial charge on any atom is 0.123 e. The van der Waals surface area contributed by atoms with Gasteiger partial charge in [-0.3, -0.25) is 0 Å². The first-order valence-electron chi connectivity index (χ1n) is 5.26. The second-order valence-electron chi connectivity index (χ2n) is 4.12. The minimum absolute atomic E-state index is 0.0733. The molecule has 1 saturated carbocycles. The predicted molar refractivity (Wildman–Crippen MR) is 55.4 cm³/mol. The fourth-order valence-corrected chi connectivity index (χ4v) is 1.95. The molecule has 1 aliphatic carbocycles. The molecule has 0 amide bonds. The molecule has 0 aliphatic heterocycles. The molecule has 0 heterocycles. The lowest BCUT2D eigenvalue weighted by Gasteiger charge is -2.15. The number of aliphatic hydroxyl groups is 1. The van der Waals surface area contributed by atoms with Crippen molar-refractivity contribution >= 4 is 0 Å². The Balaban J connectivity index is 2.04. The SMILES string of the molecule is Cc1cc(F)ccc1OC1CCC(O)C1. The number of benzene rings is 1. The Morgan fingerprint density at radius 2 is 2.20 bits per heavy atom. The number of hydrogen-bond donors (Lipinski definition) is 1. The van der Waals surface area contributed by atoms with Crippen molar-refractivity contribution < 1.29 is 14.2 Å². The molecule has 2 rings (SSSR count). The summed E-state index contributed by atoms with van der Waals surface area (Å²) in [5, 5.41) is 9.35. The number of hydrogen-bond acceptors (Lipinski definition) is 2. The van der Waals surface area contributed by atoms with Gasteiger partial charge in [-0.15, -0.1) is 0 Å². The van der Waals surface area contributed by atoms with Crippen LogP contribution in [-0.4, -0.2) is 17.3 Å². The highest BCUT2D eigenvalue weighted by Crippen LogP contribution is 2.26. The van der Waals surface area contributed by atoms with E-state index in [1.54, 1.807) is 6.07 Å². The highest BCUT2D eigenvalue weighted by Gasteiger charge is 2.24. The van der Waals surface area contributed by atoms with Crippen molar-refractivity contribution in [2.45, 2.75) is 38.4 Å². The molecule has 0 spiro atoms. The lowest BCUT2D eigenvalue weighted by molar-refractivity contribution is 0.149. The van der Waals surface area contributed by atoms with Crippen LogP contribution in [0, 0.1) is 12.7 Å². The molecule has 2 atom stereocenters. The zero-order valence-electron chi connectivity index (χ0n) is 8.74. The monoisotopic (exact) mass is 210 g/mol. The first-order valence-corrected chi connectivity index (χ1v) is 5.26. The van der Waals surface area contributed by atoms with Crippen LogP contribution in [0.25, 0.3) is 0 Å². The van der Waals surface area contributed by atoms with E-state index in [0.717, 1.165) is 24.2 Å². The Morgan fingerprint density at radius 3 is 2.80 bits per heavy atom. The molecular formula is C12H15FO2. The molecule has 15 heavy (non-hydrogen) atoms. The third-order valence-electron chi connectivity index (χ3n) is 2.79. The van der Waals surface area contributed by atoms with E-state index < -0.39 is 0 Å². The van der Waals surface area contributed by atoms with Crippen LogP contribution in [0.2, 0.25) is 0 Å². The van der Waals surface area contributed by atoms with Crippen LogP contribution >= 0.6 is 0 Å². The quantitative estimate of drug-likeness (QED) is 0.812. The van der Waals surface area contributed by atoms with E-state index in [2.05, 4.69) is 0 Å². The van der Waals surface area contributed by atoms with Crippen molar-refractivity contribution in [1.29, 1.82) is 0 Å². The van der Waals surface area contributed by atoms with E-state index in [1.165, 1.54) is 12.1 Å². The van der Waals surface area contributed by atoms with Gasteiger partial charge in [0.1, 0.15) is 17.7 Å². The van der Waals surface area contributed by atoms with Crippen LogP contribution < -0.4 is 4.74 Å². The maximum absolute atomic E-state index is 12.8. The summed E-state index contributed by atoms with van der Waals surface area (Å²) < 4.78 is 18.5. The van der Waals surface area contributed by atoms with Crippen LogP contribution in [0.5, 0.6) is 5.75 Å². The summed E-state index contributed by atoms with van der Waals surface area (Å²) >= 11 is 0. The number of halogens is 1. The topological polar surface area (TPSA) is 29.5 Å². The van der Waals surface area contributed by atoms with Gasteiger partial charge in [-0.2, -0.15) is 0 Å².